The van der Waals surface area contributed by atoms with E-state index in [9.17, 15) is 9.18 Å². The van der Waals surface area contributed by atoms with Gasteiger partial charge in [0, 0.05) is 13.7 Å². The van der Waals surface area contributed by atoms with Gasteiger partial charge in [-0.1, -0.05) is 0 Å². The molecule has 0 aliphatic carbocycles. The summed E-state index contributed by atoms with van der Waals surface area (Å²) in [5.74, 6) is -0.510. The Labute approximate surface area is 116 Å². The van der Waals surface area contributed by atoms with E-state index in [0.29, 0.717) is 30.1 Å². The molecule has 1 amide bonds. The fourth-order valence-corrected chi connectivity index (χ4v) is 1.84. The first-order chi connectivity index (χ1) is 9.63. The van der Waals surface area contributed by atoms with Crippen LogP contribution in [0.5, 0.6) is 0 Å². The molecular weight excluding hydrogens is 261 g/mol. The standard InChI is InChI=1S/C14H16FN3O2/c1-10-13(14(19)16-7-8-20-2)9-17-18(10)12-5-3-11(15)4-6-12/h3-6,9H,7-8H2,1-2H3,(H,16,19). The highest BCUT2D eigenvalue weighted by molar-refractivity contribution is 5.95. The molecule has 20 heavy (non-hydrogen) atoms. The minimum atomic E-state index is -0.309. The number of aromatic nitrogens is 2. The summed E-state index contributed by atoms with van der Waals surface area (Å²) in [5, 5.41) is 6.90. The Morgan fingerprint density at radius 1 is 1.40 bits per heavy atom. The van der Waals surface area contributed by atoms with Crippen molar-refractivity contribution in [3.8, 4) is 5.69 Å². The largest absolute Gasteiger partial charge is 0.383 e. The summed E-state index contributed by atoms with van der Waals surface area (Å²) in [7, 11) is 1.57. The molecule has 6 heteroatoms. The third-order valence-corrected chi connectivity index (χ3v) is 2.92. The molecule has 0 fully saturated rings. The second kappa shape index (κ2) is 6.29. The van der Waals surface area contributed by atoms with Crippen molar-refractivity contribution in [2.75, 3.05) is 20.3 Å². The van der Waals surface area contributed by atoms with Gasteiger partial charge < -0.3 is 10.1 Å². The summed E-state index contributed by atoms with van der Waals surface area (Å²) < 4.78 is 19.4. The molecular formula is C14H16FN3O2. The van der Waals surface area contributed by atoms with Crippen LogP contribution in [-0.4, -0.2) is 35.9 Å². The third-order valence-electron chi connectivity index (χ3n) is 2.92. The maximum absolute atomic E-state index is 12.9. The van der Waals surface area contributed by atoms with Crippen LogP contribution in [0.25, 0.3) is 5.69 Å². The van der Waals surface area contributed by atoms with Gasteiger partial charge in [-0.2, -0.15) is 5.10 Å². The van der Waals surface area contributed by atoms with Gasteiger partial charge in [-0.25, -0.2) is 9.07 Å². The molecule has 106 valence electrons. The molecule has 0 unspecified atom stereocenters. The monoisotopic (exact) mass is 277 g/mol. The molecule has 0 bridgehead atoms. The van der Waals surface area contributed by atoms with Gasteiger partial charge in [0.05, 0.1) is 29.7 Å². The van der Waals surface area contributed by atoms with Crippen LogP contribution in [0.1, 0.15) is 16.1 Å². The summed E-state index contributed by atoms with van der Waals surface area (Å²) >= 11 is 0. The smallest absolute Gasteiger partial charge is 0.254 e. The van der Waals surface area contributed by atoms with Gasteiger partial charge in [0.25, 0.3) is 5.91 Å². The molecule has 0 saturated heterocycles. The lowest BCUT2D eigenvalue weighted by Gasteiger charge is -2.06. The minimum absolute atomic E-state index is 0.201. The molecule has 1 N–H and O–H groups in total. The summed E-state index contributed by atoms with van der Waals surface area (Å²) in [4.78, 5) is 12.0. The molecule has 0 aliphatic rings. The highest BCUT2D eigenvalue weighted by Crippen LogP contribution is 2.14. The number of benzene rings is 1. The third kappa shape index (κ3) is 3.03. The zero-order valence-electron chi connectivity index (χ0n) is 11.4. The molecule has 2 rings (SSSR count). The predicted octanol–water partition coefficient (Wildman–Crippen LogP) is 1.70. The van der Waals surface area contributed by atoms with Gasteiger partial charge >= 0.3 is 0 Å². The van der Waals surface area contributed by atoms with E-state index in [-0.39, 0.29) is 11.7 Å². The number of methoxy groups -OCH3 is 1. The quantitative estimate of drug-likeness (QED) is 0.846. The van der Waals surface area contributed by atoms with Crippen molar-refractivity contribution in [2.24, 2.45) is 0 Å². The Morgan fingerprint density at radius 3 is 2.75 bits per heavy atom. The zero-order valence-corrected chi connectivity index (χ0v) is 11.4. The van der Waals surface area contributed by atoms with Crippen LogP contribution in [0, 0.1) is 12.7 Å². The number of carbonyl (C=O) groups is 1. The number of halogens is 1. The van der Waals surface area contributed by atoms with Gasteiger partial charge in [0.2, 0.25) is 0 Å². The Bertz CT molecular complexity index is 593. The number of hydrogen-bond acceptors (Lipinski definition) is 3. The highest BCUT2D eigenvalue weighted by Gasteiger charge is 2.14. The van der Waals surface area contributed by atoms with Gasteiger partial charge in [0.1, 0.15) is 5.82 Å². The van der Waals surface area contributed by atoms with Crippen molar-refractivity contribution >= 4 is 5.91 Å². The minimum Gasteiger partial charge on any atom is -0.383 e. The molecule has 1 heterocycles. The number of carbonyl (C=O) groups excluding carboxylic acids is 1. The first-order valence-corrected chi connectivity index (χ1v) is 6.21. The van der Waals surface area contributed by atoms with Gasteiger partial charge in [0.15, 0.2) is 0 Å². The maximum Gasteiger partial charge on any atom is 0.254 e. The van der Waals surface area contributed by atoms with E-state index in [0.717, 1.165) is 0 Å². The lowest BCUT2D eigenvalue weighted by Crippen LogP contribution is -2.27. The van der Waals surface area contributed by atoms with Crippen molar-refractivity contribution in [3.05, 3.63) is 47.5 Å². The Balaban J connectivity index is 2.18. The highest BCUT2D eigenvalue weighted by atomic mass is 19.1. The Kier molecular flexibility index (Phi) is 4.47. The van der Waals surface area contributed by atoms with Gasteiger partial charge in [-0.3, -0.25) is 4.79 Å². The van der Waals surface area contributed by atoms with E-state index in [1.165, 1.54) is 18.3 Å². The first-order valence-electron chi connectivity index (χ1n) is 6.21. The van der Waals surface area contributed by atoms with Crippen molar-refractivity contribution in [1.29, 1.82) is 0 Å². The topological polar surface area (TPSA) is 56.1 Å². The molecule has 0 spiro atoms. The van der Waals surface area contributed by atoms with E-state index in [1.807, 2.05) is 0 Å². The van der Waals surface area contributed by atoms with Gasteiger partial charge in [-0.05, 0) is 31.2 Å². The SMILES string of the molecule is COCCNC(=O)c1cnn(-c2ccc(F)cc2)c1C. The second-order valence-corrected chi connectivity index (χ2v) is 4.28. The molecule has 1 aromatic heterocycles. The fourth-order valence-electron chi connectivity index (χ4n) is 1.84. The number of nitrogens with zero attached hydrogens (tertiary/aromatic N) is 2. The molecule has 1 aromatic carbocycles. The normalized spacial score (nSPS) is 10.6. The van der Waals surface area contributed by atoms with Crippen LogP contribution in [0.2, 0.25) is 0 Å². The average Bonchev–Trinajstić information content (AvgIpc) is 2.82. The van der Waals surface area contributed by atoms with E-state index in [1.54, 1.807) is 30.8 Å². The van der Waals surface area contributed by atoms with Crippen molar-refractivity contribution in [3.63, 3.8) is 0 Å². The van der Waals surface area contributed by atoms with E-state index >= 15 is 0 Å². The van der Waals surface area contributed by atoms with E-state index < -0.39 is 0 Å². The van der Waals surface area contributed by atoms with E-state index in [2.05, 4.69) is 10.4 Å². The van der Waals surface area contributed by atoms with Crippen molar-refractivity contribution in [2.45, 2.75) is 6.92 Å². The average molecular weight is 277 g/mol. The molecule has 0 aliphatic heterocycles. The molecule has 2 aromatic rings. The lowest BCUT2D eigenvalue weighted by molar-refractivity contribution is 0.0936. The zero-order chi connectivity index (χ0) is 14.5. The van der Waals surface area contributed by atoms with E-state index in [4.69, 9.17) is 4.74 Å². The fraction of sp³-hybridized carbons (Fsp3) is 0.286. The maximum atomic E-state index is 12.9. The molecule has 0 saturated carbocycles. The van der Waals surface area contributed by atoms with Crippen molar-refractivity contribution in [1.82, 2.24) is 15.1 Å². The molecule has 0 atom stereocenters. The Hall–Kier alpha value is -2.21. The number of rotatable bonds is 5. The number of hydrogen-bond donors (Lipinski definition) is 1. The predicted molar refractivity (Wildman–Crippen MR) is 72.5 cm³/mol. The Morgan fingerprint density at radius 2 is 2.10 bits per heavy atom. The molecule has 5 nitrogen and oxygen atoms in total. The summed E-state index contributed by atoms with van der Waals surface area (Å²) in [6, 6.07) is 5.94. The lowest BCUT2D eigenvalue weighted by atomic mass is 10.2. The number of nitrogens with one attached hydrogen (secondary N) is 1. The summed E-state index contributed by atoms with van der Waals surface area (Å²) in [6.45, 7) is 2.69. The van der Waals surface area contributed by atoms with Crippen LogP contribution >= 0.6 is 0 Å². The van der Waals surface area contributed by atoms with Crippen molar-refractivity contribution < 1.29 is 13.9 Å². The summed E-state index contributed by atoms with van der Waals surface area (Å²) in [5.41, 5.74) is 1.90. The van der Waals surface area contributed by atoms with Crippen LogP contribution in [0.3, 0.4) is 0 Å². The second-order valence-electron chi connectivity index (χ2n) is 4.28. The molecule has 0 radical (unpaired) electrons. The first kappa shape index (κ1) is 14.2. The van der Waals surface area contributed by atoms with Crippen LogP contribution < -0.4 is 5.32 Å². The number of amides is 1. The van der Waals surface area contributed by atoms with Crippen LogP contribution in [-0.2, 0) is 4.74 Å². The van der Waals surface area contributed by atoms with Gasteiger partial charge in [-0.15, -0.1) is 0 Å². The van der Waals surface area contributed by atoms with Crippen LogP contribution in [0.15, 0.2) is 30.5 Å². The van der Waals surface area contributed by atoms with Crippen LogP contribution in [0.4, 0.5) is 4.39 Å². The number of ether oxygens (including phenoxy) is 1. The summed E-state index contributed by atoms with van der Waals surface area (Å²) in [6.07, 6.45) is 1.50.